The van der Waals surface area contributed by atoms with Gasteiger partial charge in [0.2, 0.25) is 16.0 Å². The van der Waals surface area contributed by atoms with Crippen LogP contribution in [0.1, 0.15) is 26.7 Å². The summed E-state index contributed by atoms with van der Waals surface area (Å²) in [4.78, 5) is 7.85. The number of nitrogens with zero attached hydrogens (tertiary/aromatic N) is 2. The largest absolute Gasteiger partial charge is 0.357 e. The highest BCUT2D eigenvalue weighted by molar-refractivity contribution is 7.89. The topological polar surface area (TPSA) is 84.0 Å². The molecule has 0 aliphatic rings. The molecule has 1 aromatic heterocycles. The van der Waals surface area contributed by atoms with Gasteiger partial charge in [-0.3, -0.25) is 0 Å². The zero-order valence-electron chi connectivity index (χ0n) is 11.0. The lowest BCUT2D eigenvalue weighted by Crippen LogP contribution is -2.25. The lowest BCUT2D eigenvalue weighted by Gasteiger charge is -2.07. The molecule has 1 aromatic rings. The van der Waals surface area contributed by atoms with E-state index in [1.54, 1.807) is 7.05 Å². The molecule has 0 saturated heterocycles. The van der Waals surface area contributed by atoms with Crippen molar-refractivity contribution in [1.82, 2.24) is 14.7 Å². The van der Waals surface area contributed by atoms with Crippen LogP contribution in [-0.2, 0) is 10.0 Å². The highest BCUT2D eigenvalue weighted by Gasteiger charge is 2.14. The van der Waals surface area contributed by atoms with Gasteiger partial charge in [-0.05, 0) is 18.8 Å². The van der Waals surface area contributed by atoms with Crippen molar-refractivity contribution < 1.29 is 8.42 Å². The van der Waals surface area contributed by atoms with E-state index in [-0.39, 0.29) is 4.90 Å². The van der Waals surface area contributed by atoms with Crippen molar-refractivity contribution in [3.8, 4) is 0 Å². The SMILES string of the molecule is CNc1ncc(S(=O)(=O)NCCCC(C)C)cn1. The van der Waals surface area contributed by atoms with Crippen LogP contribution < -0.4 is 10.0 Å². The van der Waals surface area contributed by atoms with Crippen molar-refractivity contribution >= 4 is 16.0 Å². The van der Waals surface area contributed by atoms with E-state index < -0.39 is 10.0 Å². The zero-order valence-corrected chi connectivity index (χ0v) is 11.8. The predicted molar refractivity (Wildman–Crippen MR) is 70.8 cm³/mol. The van der Waals surface area contributed by atoms with E-state index in [1.807, 2.05) is 0 Å². The van der Waals surface area contributed by atoms with Crippen LogP contribution in [-0.4, -0.2) is 32.0 Å². The molecule has 0 bridgehead atoms. The van der Waals surface area contributed by atoms with Crippen molar-refractivity contribution in [1.29, 1.82) is 0 Å². The Kier molecular flexibility index (Phi) is 5.49. The number of hydrogen-bond donors (Lipinski definition) is 2. The van der Waals surface area contributed by atoms with Gasteiger partial charge in [0.05, 0.1) is 12.4 Å². The van der Waals surface area contributed by atoms with E-state index in [9.17, 15) is 8.42 Å². The Bertz CT molecular complexity index is 456. The summed E-state index contributed by atoms with van der Waals surface area (Å²) in [7, 11) is -1.81. The second-order valence-corrected chi connectivity index (χ2v) is 6.19. The van der Waals surface area contributed by atoms with E-state index >= 15 is 0 Å². The molecule has 0 fully saturated rings. The van der Waals surface area contributed by atoms with Crippen LogP contribution >= 0.6 is 0 Å². The molecular formula is C11H20N4O2S. The molecular weight excluding hydrogens is 252 g/mol. The number of anilines is 1. The van der Waals surface area contributed by atoms with Crippen molar-refractivity contribution in [2.24, 2.45) is 5.92 Å². The number of aromatic nitrogens is 2. The fraction of sp³-hybridized carbons (Fsp3) is 0.636. The zero-order chi connectivity index (χ0) is 13.6. The van der Waals surface area contributed by atoms with E-state index in [0.29, 0.717) is 18.4 Å². The fourth-order valence-corrected chi connectivity index (χ4v) is 2.35. The van der Waals surface area contributed by atoms with Crippen LogP contribution in [0.3, 0.4) is 0 Å². The lowest BCUT2D eigenvalue weighted by atomic mass is 10.1. The van der Waals surface area contributed by atoms with Gasteiger partial charge < -0.3 is 5.32 Å². The quantitative estimate of drug-likeness (QED) is 0.729. The molecule has 0 aromatic carbocycles. The highest BCUT2D eigenvalue weighted by atomic mass is 32.2. The molecule has 0 amide bonds. The molecule has 0 atom stereocenters. The molecule has 1 heterocycles. The average molecular weight is 272 g/mol. The van der Waals surface area contributed by atoms with Crippen LogP contribution in [0.5, 0.6) is 0 Å². The fourth-order valence-electron chi connectivity index (χ4n) is 1.38. The molecule has 0 unspecified atom stereocenters. The van der Waals surface area contributed by atoms with Gasteiger partial charge in [-0.2, -0.15) is 0 Å². The lowest BCUT2D eigenvalue weighted by molar-refractivity contribution is 0.539. The molecule has 0 aliphatic carbocycles. The van der Waals surface area contributed by atoms with Crippen molar-refractivity contribution in [3.63, 3.8) is 0 Å². The first-order valence-electron chi connectivity index (χ1n) is 5.95. The number of sulfonamides is 1. The van der Waals surface area contributed by atoms with Crippen LogP contribution in [0.15, 0.2) is 17.3 Å². The van der Waals surface area contributed by atoms with Crippen LogP contribution in [0.4, 0.5) is 5.95 Å². The molecule has 0 spiro atoms. The van der Waals surface area contributed by atoms with Gasteiger partial charge in [0.15, 0.2) is 0 Å². The first-order valence-corrected chi connectivity index (χ1v) is 7.43. The summed E-state index contributed by atoms with van der Waals surface area (Å²) in [5.74, 6) is 0.974. The summed E-state index contributed by atoms with van der Waals surface area (Å²) < 4.78 is 26.3. The maximum Gasteiger partial charge on any atom is 0.243 e. The maximum atomic E-state index is 11.9. The van der Waals surface area contributed by atoms with Gasteiger partial charge in [0, 0.05) is 13.6 Å². The Morgan fingerprint density at radius 3 is 2.39 bits per heavy atom. The molecule has 0 aliphatic heterocycles. The molecule has 102 valence electrons. The monoisotopic (exact) mass is 272 g/mol. The highest BCUT2D eigenvalue weighted by Crippen LogP contribution is 2.08. The van der Waals surface area contributed by atoms with E-state index in [1.165, 1.54) is 12.4 Å². The third-order valence-corrected chi connectivity index (χ3v) is 3.83. The minimum absolute atomic E-state index is 0.0889. The van der Waals surface area contributed by atoms with Crippen molar-refractivity contribution in [2.45, 2.75) is 31.6 Å². The van der Waals surface area contributed by atoms with Gasteiger partial charge in [-0.1, -0.05) is 13.8 Å². The van der Waals surface area contributed by atoms with Gasteiger partial charge in [0.25, 0.3) is 0 Å². The summed E-state index contributed by atoms with van der Waals surface area (Å²) in [5.41, 5.74) is 0. The molecule has 6 nitrogen and oxygen atoms in total. The number of rotatable bonds is 7. The average Bonchev–Trinajstić information content (AvgIpc) is 2.34. The van der Waals surface area contributed by atoms with Crippen LogP contribution in [0.25, 0.3) is 0 Å². The van der Waals surface area contributed by atoms with E-state index in [2.05, 4.69) is 33.9 Å². The van der Waals surface area contributed by atoms with Crippen LogP contribution in [0.2, 0.25) is 0 Å². The Morgan fingerprint density at radius 2 is 1.89 bits per heavy atom. The van der Waals surface area contributed by atoms with Crippen molar-refractivity contribution in [3.05, 3.63) is 12.4 Å². The molecule has 0 radical (unpaired) electrons. The first-order chi connectivity index (χ1) is 8.45. The third-order valence-electron chi connectivity index (χ3n) is 2.41. The normalized spacial score (nSPS) is 11.8. The smallest absolute Gasteiger partial charge is 0.243 e. The van der Waals surface area contributed by atoms with Crippen molar-refractivity contribution in [2.75, 3.05) is 18.9 Å². The summed E-state index contributed by atoms with van der Waals surface area (Å²) >= 11 is 0. The first kappa shape index (κ1) is 14.8. The number of hydrogen-bond acceptors (Lipinski definition) is 5. The Labute approximate surface area is 108 Å². The molecule has 1 rings (SSSR count). The minimum atomic E-state index is -3.49. The van der Waals surface area contributed by atoms with E-state index in [4.69, 9.17) is 0 Å². The second kappa shape index (κ2) is 6.65. The third kappa shape index (κ3) is 4.58. The molecule has 2 N–H and O–H groups in total. The van der Waals surface area contributed by atoms with Gasteiger partial charge in [-0.15, -0.1) is 0 Å². The van der Waals surface area contributed by atoms with E-state index in [0.717, 1.165) is 12.8 Å². The molecule has 0 saturated carbocycles. The maximum absolute atomic E-state index is 11.9. The summed E-state index contributed by atoms with van der Waals surface area (Å²) in [6.07, 6.45) is 4.41. The van der Waals surface area contributed by atoms with Crippen LogP contribution in [0, 0.1) is 5.92 Å². The molecule has 18 heavy (non-hydrogen) atoms. The van der Waals surface area contributed by atoms with Gasteiger partial charge >= 0.3 is 0 Å². The summed E-state index contributed by atoms with van der Waals surface area (Å²) in [6, 6.07) is 0. The van der Waals surface area contributed by atoms with Gasteiger partial charge in [-0.25, -0.2) is 23.1 Å². The minimum Gasteiger partial charge on any atom is -0.357 e. The second-order valence-electron chi connectivity index (χ2n) is 4.43. The standard InChI is InChI=1S/C11H20N4O2S/c1-9(2)5-4-6-15-18(16,17)10-7-13-11(12-3)14-8-10/h7-9,15H,4-6H2,1-3H3,(H,12,13,14). The molecule has 7 heteroatoms. The predicted octanol–water partition coefficient (Wildman–Crippen LogP) is 1.23. The number of nitrogens with one attached hydrogen (secondary N) is 2. The Morgan fingerprint density at radius 1 is 1.28 bits per heavy atom. The Balaban J connectivity index is 2.57. The van der Waals surface area contributed by atoms with Gasteiger partial charge in [0.1, 0.15) is 4.90 Å². The summed E-state index contributed by atoms with van der Waals surface area (Å²) in [6.45, 7) is 4.66. The Hall–Kier alpha value is -1.21. The summed E-state index contributed by atoms with van der Waals surface area (Å²) in [5, 5.41) is 2.73.